The lowest BCUT2D eigenvalue weighted by Crippen LogP contribution is -2.44. The predicted octanol–water partition coefficient (Wildman–Crippen LogP) is 2.31. The molecule has 3 heteroatoms. The van der Waals surface area contributed by atoms with Crippen LogP contribution in [0.5, 0.6) is 0 Å². The van der Waals surface area contributed by atoms with E-state index in [1.165, 1.54) is 25.7 Å². The molecule has 2 unspecified atom stereocenters. The summed E-state index contributed by atoms with van der Waals surface area (Å²) >= 11 is 0. The Hall–Kier alpha value is 0.110. The Bertz CT molecular complexity index is 216. The summed E-state index contributed by atoms with van der Waals surface area (Å²) in [4.78, 5) is 0. The molecule has 0 aromatic rings. The van der Waals surface area contributed by atoms with Crippen molar-refractivity contribution in [1.29, 1.82) is 0 Å². The monoisotopic (exact) mass is 231 g/mol. The molecule has 90 valence electrons. The molecule has 15 heavy (non-hydrogen) atoms. The molecule has 0 saturated heterocycles. The molecule has 0 heterocycles. The Morgan fingerprint density at radius 2 is 2.13 bits per heavy atom. The molecule has 1 aliphatic carbocycles. The van der Waals surface area contributed by atoms with Gasteiger partial charge in [-0.3, -0.25) is 4.21 Å². The predicted molar refractivity (Wildman–Crippen MR) is 67.6 cm³/mol. The fourth-order valence-electron chi connectivity index (χ4n) is 2.42. The summed E-state index contributed by atoms with van der Waals surface area (Å²) in [6, 6.07) is 0.663. The highest BCUT2D eigenvalue weighted by molar-refractivity contribution is 7.84. The highest BCUT2D eigenvalue weighted by Gasteiger charge is 2.31. The Labute approximate surface area is 96.7 Å². The average molecular weight is 231 g/mol. The van der Waals surface area contributed by atoms with Crippen molar-refractivity contribution in [3.63, 3.8) is 0 Å². The molecule has 0 aromatic carbocycles. The molecule has 0 spiro atoms. The molecule has 1 rings (SSSR count). The molecule has 2 nitrogen and oxygen atoms in total. The summed E-state index contributed by atoms with van der Waals surface area (Å²) in [7, 11) is -0.631. The fourth-order valence-corrected chi connectivity index (χ4v) is 2.97. The zero-order valence-corrected chi connectivity index (χ0v) is 11.2. The minimum atomic E-state index is -0.631. The van der Waals surface area contributed by atoms with E-state index < -0.39 is 10.8 Å². The van der Waals surface area contributed by atoms with Crippen LogP contribution in [-0.2, 0) is 10.8 Å². The van der Waals surface area contributed by atoms with Crippen LogP contribution < -0.4 is 5.32 Å². The largest absolute Gasteiger partial charge is 0.313 e. The third-order valence-corrected chi connectivity index (χ3v) is 4.37. The van der Waals surface area contributed by atoms with Crippen LogP contribution in [0.15, 0.2) is 0 Å². The smallest absolute Gasteiger partial charge is 0.0244 e. The SMILES string of the molecule is CS(=O)CCCNC1CCCCC1(C)C. The Kier molecular flexibility index (Phi) is 5.27. The van der Waals surface area contributed by atoms with Gasteiger partial charge in [-0.15, -0.1) is 0 Å². The van der Waals surface area contributed by atoms with Crippen LogP contribution in [0.25, 0.3) is 0 Å². The molecule has 0 bridgehead atoms. The summed E-state index contributed by atoms with van der Waals surface area (Å²) in [5, 5.41) is 3.63. The van der Waals surface area contributed by atoms with Gasteiger partial charge in [0.1, 0.15) is 0 Å². The van der Waals surface area contributed by atoms with Crippen LogP contribution in [0, 0.1) is 5.41 Å². The van der Waals surface area contributed by atoms with Crippen molar-refractivity contribution >= 4 is 10.8 Å². The van der Waals surface area contributed by atoms with Gasteiger partial charge in [-0.25, -0.2) is 0 Å². The minimum absolute atomic E-state index is 0.448. The highest BCUT2D eigenvalue weighted by atomic mass is 32.2. The van der Waals surface area contributed by atoms with E-state index in [9.17, 15) is 4.21 Å². The molecule has 0 aromatic heterocycles. The van der Waals surface area contributed by atoms with Crippen LogP contribution in [0.4, 0.5) is 0 Å². The van der Waals surface area contributed by atoms with Gasteiger partial charge >= 0.3 is 0 Å². The average Bonchev–Trinajstić information content (AvgIpc) is 2.13. The molecule has 0 amide bonds. The van der Waals surface area contributed by atoms with Crippen molar-refractivity contribution in [3.8, 4) is 0 Å². The van der Waals surface area contributed by atoms with Crippen molar-refractivity contribution < 1.29 is 4.21 Å². The molecule has 0 aliphatic heterocycles. The molecular weight excluding hydrogens is 206 g/mol. The van der Waals surface area contributed by atoms with Gasteiger partial charge < -0.3 is 5.32 Å². The van der Waals surface area contributed by atoms with Crippen molar-refractivity contribution in [2.75, 3.05) is 18.6 Å². The lowest BCUT2D eigenvalue weighted by Gasteiger charge is -2.39. The van der Waals surface area contributed by atoms with Crippen LogP contribution in [0.2, 0.25) is 0 Å². The van der Waals surface area contributed by atoms with Gasteiger partial charge in [0.05, 0.1) is 0 Å². The Balaban J connectivity index is 2.21. The zero-order chi connectivity index (χ0) is 11.3. The summed E-state index contributed by atoms with van der Waals surface area (Å²) in [5.41, 5.74) is 0.448. The summed E-state index contributed by atoms with van der Waals surface area (Å²) < 4.78 is 10.9. The maximum Gasteiger partial charge on any atom is 0.0244 e. The van der Waals surface area contributed by atoms with Gasteiger partial charge in [0, 0.05) is 28.9 Å². The third kappa shape index (κ3) is 4.64. The quantitative estimate of drug-likeness (QED) is 0.736. The van der Waals surface area contributed by atoms with Crippen molar-refractivity contribution in [2.24, 2.45) is 5.41 Å². The number of rotatable bonds is 5. The summed E-state index contributed by atoms with van der Waals surface area (Å²) in [6.07, 6.45) is 8.21. The van der Waals surface area contributed by atoms with Crippen LogP contribution in [0.1, 0.15) is 46.0 Å². The van der Waals surface area contributed by atoms with Gasteiger partial charge in [-0.05, 0) is 31.2 Å². The maximum atomic E-state index is 10.9. The lowest BCUT2D eigenvalue weighted by atomic mass is 9.73. The molecule has 2 atom stereocenters. The summed E-state index contributed by atoms with van der Waals surface area (Å²) in [5.74, 6) is 0.833. The van der Waals surface area contributed by atoms with Crippen LogP contribution >= 0.6 is 0 Å². The summed E-state index contributed by atoms with van der Waals surface area (Å²) in [6.45, 7) is 5.75. The first-order valence-electron chi connectivity index (χ1n) is 6.06. The normalized spacial score (nSPS) is 27.5. The van der Waals surface area contributed by atoms with Gasteiger partial charge in [0.15, 0.2) is 0 Å². The number of hydrogen-bond acceptors (Lipinski definition) is 2. The number of hydrogen-bond donors (Lipinski definition) is 1. The van der Waals surface area contributed by atoms with E-state index in [0.717, 1.165) is 18.7 Å². The van der Waals surface area contributed by atoms with Gasteiger partial charge in [-0.2, -0.15) is 0 Å². The van der Waals surface area contributed by atoms with Gasteiger partial charge in [-0.1, -0.05) is 26.7 Å². The second-order valence-corrected chi connectivity index (χ2v) is 6.93. The topological polar surface area (TPSA) is 29.1 Å². The molecule has 1 saturated carbocycles. The zero-order valence-electron chi connectivity index (χ0n) is 10.3. The van der Waals surface area contributed by atoms with E-state index in [2.05, 4.69) is 19.2 Å². The molecule has 0 radical (unpaired) electrons. The van der Waals surface area contributed by atoms with E-state index >= 15 is 0 Å². The van der Waals surface area contributed by atoms with E-state index in [1.54, 1.807) is 6.26 Å². The lowest BCUT2D eigenvalue weighted by molar-refractivity contribution is 0.168. The maximum absolute atomic E-state index is 10.9. The first-order valence-corrected chi connectivity index (χ1v) is 7.78. The number of nitrogens with one attached hydrogen (secondary N) is 1. The first-order chi connectivity index (χ1) is 7.02. The Morgan fingerprint density at radius 1 is 1.40 bits per heavy atom. The molecular formula is C12H25NOS. The van der Waals surface area contributed by atoms with E-state index in [1.807, 2.05) is 0 Å². The van der Waals surface area contributed by atoms with Crippen molar-refractivity contribution in [3.05, 3.63) is 0 Å². The van der Waals surface area contributed by atoms with Gasteiger partial charge in [0.25, 0.3) is 0 Å². The highest BCUT2D eigenvalue weighted by Crippen LogP contribution is 2.35. The van der Waals surface area contributed by atoms with E-state index in [-0.39, 0.29) is 0 Å². The van der Waals surface area contributed by atoms with Crippen LogP contribution in [-0.4, -0.2) is 28.8 Å². The third-order valence-electron chi connectivity index (χ3n) is 3.51. The molecule has 1 fully saturated rings. The van der Waals surface area contributed by atoms with Crippen molar-refractivity contribution in [1.82, 2.24) is 5.32 Å². The van der Waals surface area contributed by atoms with Crippen molar-refractivity contribution in [2.45, 2.75) is 52.0 Å². The molecule has 1 aliphatic rings. The van der Waals surface area contributed by atoms with E-state index in [4.69, 9.17) is 0 Å². The minimum Gasteiger partial charge on any atom is -0.313 e. The van der Waals surface area contributed by atoms with Crippen LogP contribution in [0.3, 0.4) is 0 Å². The second-order valence-electron chi connectivity index (χ2n) is 5.37. The Morgan fingerprint density at radius 3 is 2.73 bits per heavy atom. The molecule has 1 N–H and O–H groups in total. The van der Waals surface area contributed by atoms with Gasteiger partial charge in [0.2, 0.25) is 0 Å². The second kappa shape index (κ2) is 6.00. The van der Waals surface area contributed by atoms with E-state index in [0.29, 0.717) is 11.5 Å². The standard InChI is InChI=1S/C12H25NOS/c1-12(2)8-5-4-7-11(12)13-9-6-10-15(3)14/h11,13H,4-10H2,1-3H3. The first kappa shape index (κ1) is 13.2. The fraction of sp³-hybridized carbons (Fsp3) is 1.00.